The van der Waals surface area contributed by atoms with Gasteiger partial charge in [0.25, 0.3) is 5.91 Å². The summed E-state index contributed by atoms with van der Waals surface area (Å²) in [5.74, 6) is -0.797. The highest BCUT2D eigenvalue weighted by Gasteiger charge is 2.47. The summed E-state index contributed by atoms with van der Waals surface area (Å²) >= 11 is 1.56. The highest BCUT2D eigenvalue weighted by atomic mass is 32.2. The summed E-state index contributed by atoms with van der Waals surface area (Å²) in [5.41, 5.74) is 1.68. The van der Waals surface area contributed by atoms with Gasteiger partial charge in [0.2, 0.25) is 0 Å². The Kier molecular flexibility index (Phi) is 5.66. The van der Waals surface area contributed by atoms with E-state index in [0.717, 1.165) is 27.8 Å². The molecule has 0 N–H and O–H groups in total. The van der Waals surface area contributed by atoms with E-state index in [1.165, 1.54) is 36.0 Å². The quantitative estimate of drug-likeness (QED) is 0.462. The minimum absolute atomic E-state index is 0.0531. The van der Waals surface area contributed by atoms with Crippen molar-refractivity contribution in [1.29, 1.82) is 0 Å². The molecule has 2 atom stereocenters. The normalized spacial score (nSPS) is 18.5. The molecule has 0 saturated heterocycles. The Balaban J connectivity index is 1.79. The Labute approximate surface area is 202 Å². The molecule has 2 aliphatic rings. The van der Waals surface area contributed by atoms with Gasteiger partial charge in [-0.05, 0) is 48.7 Å². The maximum Gasteiger partial charge on any atom is 0.408 e. The summed E-state index contributed by atoms with van der Waals surface area (Å²) in [5, 5.41) is 1.61. The number of hydrogen-bond acceptors (Lipinski definition) is 4. The minimum atomic E-state index is -4.67. The van der Waals surface area contributed by atoms with Gasteiger partial charge in [-0.25, -0.2) is 4.39 Å². The van der Waals surface area contributed by atoms with E-state index in [1.807, 2.05) is 24.3 Å². The standard InChI is InChI=1S/C25H21F4N3O2S/c1-14-20(33)9-10-31-22(14)24(34)30(15(2)25(27,28)29)13-32(31)23-18-5-3-4-6-21(18)35-12-16-7-8-17(26)11-19(16)23/h3-11,15,23H,12-13H2,1-2H3/t15-,23+/m0/s1. The number of amides is 1. The van der Waals surface area contributed by atoms with Crippen molar-refractivity contribution in [3.8, 4) is 0 Å². The van der Waals surface area contributed by atoms with Crippen LogP contribution in [0.4, 0.5) is 17.6 Å². The minimum Gasteiger partial charge on any atom is -0.306 e. The van der Waals surface area contributed by atoms with Crippen molar-refractivity contribution in [3.05, 3.63) is 98.7 Å². The van der Waals surface area contributed by atoms with E-state index >= 15 is 0 Å². The molecule has 1 aromatic heterocycles. The fourth-order valence-corrected chi connectivity index (χ4v) is 5.73. The smallest absolute Gasteiger partial charge is 0.306 e. The second kappa shape index (κ2) is 8.44. The zero-order valence-electron chi connectivity index (χ0n) is 18.8. The van der Waals surface area contributed by atoms with Crippen LogP contribution in [0.25, 0.3) is 0 Å². The lowest BCUT2D eigenvalue weighted by atomic mass is 9.94. The average molecular weight is 504 g/mol. The number of halogens is 4. The Morgan fingerprint density at radius 1 is 1.06 bits per heavy atom. The second-order valence-electron chi connectivity index (χ2n) is 8.64. The fraction of sp³-hybridized carbons (Fsp3) is 0.280. The van der Waals surface area contributed by atoms with Gasteiger partial charge in [-0.15, -0.1) is 11.8 Å². The molecule has 1 amide bonds. The van der Waals surface area contributed by atoms with Crippen LogP contribution in [0.2, 0.25) is 0 Å². The van der Waals surface area contributed by atoms with E-state index in [2.05, 4.69) is 0 Å². The highest BCUT2D eigenvalue weighted by molar-refractivity contribution is 7.98. The molecule has 3 aromatic rings. The number of alkyl halides is 3. The first-order chi connectivity index (χ1) is 16.6. The first-order valence-electron chi connectivity index (χ1n) is 10.9. The van der Waals surface area contributed by atoms with Crippen molar-refractivity contribution in [2.24, 2.45) is 0 Å². The highest BCUT2D eigenvalue weighted by Crippen LogP contribution is 2.43. The van der Waals surface area contributed by atoms with Crippen LogP contribution in [0.1, 0.15) is 45.7 Å². The maximum absolute atomic E-state index is 14.5. The molecule has 3 heterocycles. The third kappa shape index (κ3) is 3.89. The molecule has 0 radical (unpaired) electrons. The number of hydrogen-bond donors (Lipinski definition) is 0. The number of rotatable bonds is 2. The van der Waals surface area contributed by atoms with Gasteiger partial charge in [-0.2, -0.15) is 13.2 Å². The third-order valence-electron chi connectivity index (χ3n) is 6.60. The van der Waals surface area contributed by atoms with Gasteiger partial charge in [-0.3, -0.25) is 19.3 Å². The van der Waals surface area contributed by atoms with Crippen molar-refractivity contribution in [3.63, 3.8) is 0 Å². The average Bonchev–Trinajstić information content (AvgIpc) is 2.97. The van der Waals surface area contributed by atoms with Gasteiger partial charge in [0.05, 0.1) is 6.04 Å². The second-order valence-corrected chi connectivity index (χ2v) is 9.66. The first kappa shape index (κ1) is 23.5. The summed E-state index contributed by atoms with van der Waals surface area (Å²) < 4.78 is 57.3. The van der Waals surface area contributed by atoms with Crippen LogP contribution >= 0.6 is 11.8 Å². The molecular weight excluding hydrogens is 482 g/mol. The molecule has 0 spiro atoms. The number of carbonyl (C=O) groups is 1. The Bertz CT molecular complexity index is 1390. The molecule has 182 valence electrons. The maximum atomic E-state index is 14.5. The number of aromatic nitrogens is 1. The van der Waals surface area contributed by atoms with Crippen LogP contribution < -0.4 is 10.4 Å². The zero-order valence-corrected chi connectivity index (χ0v) is 19.7. The molecule has 0 unspecified atom stereocenters. The monoisotopic (exact) mass is 503 g/mol. The van der Waals surface area contributed by atoms with Crippen molar-refractivity contribution in [1.82, 2.24) is 9.58 Å². The molecule has 5 rings (SSSR count). The molecule has 0 saturated carbocycles. The van der Waals surface area contributed by atoms with Gasteiger partial charge in [0.1, 0.15) is 24.2 Å². The van der Waals surface area contributed by atoms with E-state index in [4.69, 9.17) is 0 Å². The molecule has 5 nitrogen and oxygen atoms in total. The number of thioether (sulfide) groups is 1. The van der Waals surface area contributed by atoms with Gasteiger partial charge in [-0.1, -0.05) is 24.3 Å². The van der Waals surface area contributed by atoms with E-state index < -0.39 is 42.1 Å². The molecule has 2 aliphatic heterocycles. The third-order valence-corrected chi connectivity index (χ3v) is 7.74. The van der Waals surface area contributed by atoms with E-state index in [-0.39, 0.29) is 11.3 Å². The van der Waals surface area contributed by atoms with Crippen LogP contribution in [0.5, 0.6) is 0 Å². The lowest BCUT2D eigenvalue weighted by Crippen LogP contribution is -2.60. The molecule has 0 aliphatic carbocycles. The van der Waals surface area contributed by atoms with Crippen LogP contribution in [0.3, 0.4) is 0 Å². The van der Waals surface area contributed by atoms with Gasteiger partial charge in [0.15, 0.2) is 5.43 Å². The van der Waals surface area contributed by atoms with Crippen molar-refractivity contribution in [2.45, 2.75) is 42.8 Å². The Morgan fingerprint density at radius 2 is 1.80 bits per heavy atom. The first-order valence-corrected chi connectivity index (χ1v) is 11.9. The Hall–Kier alpha value is -3.27. The number of fused-ring (bicyclic) bond motifs is 3. The molecule has 35 heavy (non-hydrogen) atoms. The van der Waals surface area contributed by atoms with Crippen LogP contribution in [0, 0.1) is 12.7 Å². The van der Waals surface area contributed by atoms with E-state index in [0.29, 0.717) is 11.3 Å². The summed E-state index contributed by atoms with van der Waals surface area (Å²) in [6.45, 7) is 1.94. The summed E-state index contributed by atoms with van der Waals surface area (Å²) in [7, 11) is 0. The summed E-state index contributed by atoms with van der Waals surface area (Å²) in [6.07, 6.45) is -3.27. The zero-order chi connectivity index (χ0) is 25.1. The van der Waals surface area contributed by atoms with Gasteiger partial charge >= 0.3 is 6.18 Å². The number of benzene rings is 2. The van der Waals surface area contributed by atoms with Crippen LogP contribution in [0.15, 0.2) is 64.4 Å². The van der Waals surface area contributed by atoms with Crippen LogP contribution in [-0.4, -0.2) is 34.4 Å². The predicted octanol–water partition coefficient (Wildman–Crippen LogP) is 4.99. The summed E-state index contributed by atoms with van der Waals surface area (Å²) in [4.78, 5) is 27.3. The number of carbonyl (C=O) groups excluding carboxylic acids is 1. The van der Waals surface area contributed by atoms with E-state index in [9.17, 15) is 27.2 Å². The molecule has 0 bridgehead atoms. The number of nitrogens with zero attached hydrogens (tertiary/aromatic N) is 3. The molecular formula is C25H21F4N3O2S. The van der Waals surface area contributed by atoms with Crippen LogP contribution in [-0.2, 0) is 5.75 Å². The van der Waals surface area contributed by atoms with Crippen molar-refractivity contribution >= 4 is 17.7 Å². The largest absolute Gasteiger partial charge is 0.408 e. The summed E-state index contributed by atoms with van der Waals surface area (Å²) in [6, 6.07) is 10.4. The predicted molar refractivity (Wildman–Crippen MR) is 124 cm³/mol. The lowest BCUT2D eigenvalue weighted by Gasteiger charge is -2.46. The van der Waals surface area contributed by atoms with E-state index in [1.54, 1.807) is 22.8 Å². The van der Waals surface area contributed by atoms with Crippen molar-refractivity contribution in [2.75, 3.05) is 11.7 Å². The Morgan fingerprint density at radius 3 is 2.54 bits per heavy atom. The topological polar surface area (TPSA) is 45.6 Å². The number of pyridine rings is 1. The molecule has 2 aromatic carbocycles. The SMILES string of the molecule is Cc1c2n(ccc1=O)N([C@H]1c3cc(F)ccc3CSc3ccccc31)CN([C@@H](C)C(F)(F)F)C2=O. The van der Waals surface area contributed by atoms with Gasteiger partial charge < -0.3 is 4.90 Å². The molecule has 10 heteroatoms. The molecule has 0 fully saturated rings. The lowest BCUT2D eigenvalue weighted by molar-refractivity contribution is -0.173. The van der Waals surface area contributed by atoms with Crippen molar-refractivity contribution < 1.29 is 22.4 Å². The van der Waals surface area contributed by atoms with Gasteiger partial charge in [0, 0.05) is 28.5 Å². The fourth-order valence-electron chi connectivity index (χ4n) is 4.64.